The molecule has 0 aromatic carbocycles. The number of hydrogen-bond donors (Lipinski definition) is 0. The molecule has 0 aromatic rings. The van der Waals surface area contributed by atoms with Gasteiger partial charge in [-0.3, -0.25) is 0 Å². The normalized spacial score (nSPS) is 22.9. The highest BCUT2D eigenvalue weighted by Crippen LogP contribution is 2.13. The molecule has 0 saturated heterocycles. The Morgan fingerprint density at radius 1 is 1.45 bits per heavy atom. The van der Waals surface area contributed by atoms with Crippen LogP contribution in [0.2, 0.25) is 0 Å². The Morgan fingerprint density at radius 3 is 2.55 bits per heavy atom. The van der Waals surface area contributed by atoms with E-state index in [0.29, 0.717) is 6.17 Å². The highest BCUT2D eigenvalue weighted by Gasteiger charge is 2.18. The van der Waals surface area contributed by atoms with Crippen LogP contribution in [0.3, 0.4) is 0 Å². The van der Waals surface area contributed by atoms with E-state index in [0.717, 1.165) is 13.1 Å². The molecule has 0 spiro atoms. The van der Waals surface area contributed by atoms with Gasteiger partial charge >= 0.3 is 0 Å². The lowest BCUT2D eigenvalue weighted by atomic mass is 10.4. The molecule has 1 atom stereocenters. The molecule has 0 radical (unpaired) electrons. The Hall–Kier alpha value is -0.920. The summed E-state index contributed by atoms with van der Waals surface area (Å²) in [5.74, 6) is 0. The maximum absolute atomic E-state index is 3.72. The van der Waals surface area contributed by atoms with E-state index in [-0.39, 0.29) is 0 Å². The summed E-state index contributed by atoms with van der Waals surface area (Å²) < 4.78 is 0. The summed E-state index contributed by atoms with van der Waals surface area (Å²) in [6.45, 7) is 10.1. The molecule has 0 N–H and O–H groups in total. The van der Waals surface area contributed by atoms with E-state index in [9.17, 15) is 0 Å². The zero-order valence-corrected chi connectivity index (χ0v) is 7.33. The van der Waals surface area contributed by atoms with Gasteiger partial charge in [0.25, 0.3) is 0 Å². The predicted octanol–water partition coefficient (Wildman–Crippen LogP) is 1.63. The van der Waals surface area contributed by atoms with Crippen LogP contribution in [-0.4, -0.2) is 29.1 Å². The van der Waals surface area contributed by atoms with Crippen molar-refractivity contribution in [3.05, 3.63) is 25.1 Å². The molecule has 1 unspecified atom stereocenters. The van der Waals surface area contributed by atoms with Gasteiger partial charge in [0.15, 0.2) is 0 Å². The van der Waals surface area contributed by atoms with Crippen LogP contribution in [-0.2, 0) is 0 Å². The molecule has 1 heterocycles. The largest absolute Gasteiger partial charge is 0.357 e. The molecule has 0 amide bonds. The minimum Gasteiger partial charge on any atom is -0.357 e. The zero-order chi connectivity index (χ0) is 8.27. The van der Waals surface area contributed by atoms with Gasteiger partial charge < -0.3 is 9.80 Å². The summed E-state index contributed by atoms with van der Waals surface area (Å²) in [5.41, 5.74) is 0. The van der Waals surface area contributed by atoms with Gasteiger partial charge in [-0.25, -0.2) is 0 Å². The molecule has 0 saturated carbocycles. The average molecular weight is 152 g/mol. The summed E-state index contributed by atoms with van der Waals surface area (Å²) in [4.78, 5) is 4.56. The maximum Gasteiger partial charge on any atom is 0.0980 e. The Morgan fingerprint density at radius 2 is 2.09 bits per heavy atom. The van der Waals surface area contributed by atoms with Gasteiger partial charge in [-0.05, 0) is 13.8 Å². The van der Waals surface area contributed by atoms with E-state index >= 15 is 0 Å². The van der Waals surface area contributed by atoms with E-state index in [1.807, 2.05) is 6.08 Å². The highest BCUT2D eigenvalue weighted by atomic mass is 15.4. The molecule has 1 rings (SSSR count). The minimum absolute atomic E-state index is 0.498. The topological polar surface area (TPSA) is 6.48 Å². The molecule has 2 heteroatoms. The fourth-order valence-corrected chi connectivity index (χ4v) is 1.34. The van der Waals surface area contributed by atoms with Crippen LogP contribution in [0.15, 0.2) is 25.1 Å². The lowest BCUT2D eigenvalue weighted by Crippen LogP contribution is -2.35. The lowest BCUT2D eigenvalue weighted by Gasteiger charge is -2.27. The lowest BCUT2D eigenvalue weighted by molar-refractivity contribution is 0.188. The maximum atomic E-state index is 3.72. The van der Waals surface area contributed by atoms with Gasteiger partial charge in [-0.1, -0.05) is 6.08 Å². The Bertz CT molecular complexity index is 163. The number of hydrogen-bond acceptors (Lipinski definition) is 2. The Labute approximate surface area is 68.8 Å². The summed E-state index contributed by atoms with van der Waals surface area (Å²) in [5, 5.41) is 0. The van der Waals surface area contributed by atoms with Crippen molar-refractivity contribution in [3.63, 3.8) is 0 Å². The second-order valence-electron chi connectivity index (χ2n) is 2.75. The van der Waals surface area contributed by atoms with Crippen LogP contribution in [0.1, 0.15) is 13.8 Å². The first-order valence-corrected chi connectivity index (χ1v) is 4.10. The van der Waals surface area contributed by atoms with Crippen LogP contribution >= 0.6 is 0 Å². The van der Waals surface area contributed by atoms with Crippen LogP contribution in [0.25, 0.3) is 0 Å². The quantitative estimate of drug-likeness (QED) is 0.567. The van der Waals surface area contributed by atoms with Gasteiger partial charge in [-0.15, -0.1) is 6.58 Å². The first-order chi connectivity index (χ1) is 5.29. The number of rotatable bonds is 3. The molecular weight excluding hydrogens is 136 g/mol. The number of nitrogens with zero attached hydrogens (tertiary/aromatic N) is 2. The standard InChI is InChI=1S/C9H16N2/c1-4-6-11-8-7-10(5-2)9(11)3/h4,7-9H,1,5-6H2,2-3H3. The van der Waals surface area contributed by atoms with E-state index in [2.05, 4.69) is 42.6 Å². The molecule has 62 valence electrons. The van der Waals surface area contributed by atoms with Crippen molar-refractivity contribution < 1.29 is 0 Å². The minimum atomic E-state index is 0.498. The second kappa shape index (κ2) is 3.46. The van der Waals surface area contributed by atoms with Gasteiger partial charge in [0.05, 0.1) is 6.17 Å². The monoisotopic (exact) mass is 152 g/mol. The Kier molecular flexibility index (Phi) is 2.58. The van der Waals surface area contributed by atoms with Crippen LogP contribution in [0, 0.1) is 0 Å². The highest BCUT2D eigenvalue weighted by molar-refractivity contribution is 4.97. The van der Waals surface area contributed by atoms with Crippen molar-refractivity contribution in [1.29, 1.82) is 0 Å². The average Bonchev–Trinajstić information content (AvgIpc) is 2.34. The van der Waals surface area contributed by atoms with Crippen molar-refractivity contribution in [2.24, 2.45) is 0 Å². The van der Waals surface area contributed by atoms with Crippen LogP contribution in [0.4, 0.5) is 0 Å². The summed E-state index contributed by atoms with van der Waals surface area (Å²) >= 11 is 0. The van der Waals surface area contributed by atoms with Crippen LogP contribution < -0.4 is 0 Å². The third-order valence-corrected chi connectivity index (χ3v) is 2.11. The summed E-state index contributed by atoms with van der Waals surface area (Å²) in [7, 11) is 0. The molecular formula is C9H16N2. The summed E-state index contributed by atoms with van der Waals surface area (Å²) in [6, 6.07) is 0. The molecule has 11 heavy (non-hydrogen) atoms. The van der Waals surface area contributed by atoms with Gasteiger partial charge in [0.2, 0.25) is 0 Å². The van der Waals surface area contributed by atoms with Crippen molar-refractivity contribution in [2.75, 3.05) is 13.1 Å². The SMILES string of the molecule is C=CCN1C=CN(CC)C1C. The fraction of sp³-hybridized carbons (Fsp3) is 0.556. The Balaban J connectivity index is 2.48. The third kappa shape index (κ3) is 1.56. The van der Waals surface area contributed by atoms with Crippen molar-refractivity contribution >= 4 is 0 Å². The van der Waals surface area contributed by atoms with Crippen molar-refractivity contribution in [1.82, 2.24) is 9.80 Å². The van der Waals surface area contributed by atoms with Crippen LogP contribution in [0.5, 0.6) is 0 Å². The van der Waals surface area contributed by atoms with E-state index in [1.165, 1.54) is 0 Å². The van der Waals surface area contributed by atoms with Gasteiger partial charge in [0, 0.05) is 25.5 Å². The summed E-state index contributed by atoms with van der Waals surface area (Å²) in [6.07, 6.45) is 6.68. The van der Waals surface area contributed by atoms with Gasteiger partial charge in [0.1, 0.15) is 0 Å². The molecule has 0 aliphatic carbocycles. The smallest absolute Gasteiger partial charge is 0.0980 e. The first-order valence-electron chi connectivity index (χ1n) is 4.10. The predicted molar refractivity (Wildman–Crippen MR) is 47.9 cm³/mol. The zero-order valence-electron chi connectivity index (χ0n) is 7.33. The van der Waals surface area contributed by atoms with Gasteiger partial charge in [-0.2, -0.15) is 0 Å². The fourth-order valence-electron chi connectivity index (χ4n) is 1.34. The van der Waals surface area contributed by atoms with Crippen molar-refractivity contribution in [3.8, 4) is 0 Å². The van der Waals surface area contributed by atoms with E-state index in [4.69, 9.17) is 0 Å². The van der Waals surface area contributed by atoms with Crippen molar-refractivity contribution in [2.45, 2.75) is 20.0 Å². The molecule has 1 aliphatic rings. The third-order valence-electron chi connectivity index (χ3n) is 2.11. The first kappa shape index (κ1) is 8.18. The van der Waals surface area contributed by atoms with E-state index < -0.39 is 0 Å². The van der Waals surface area contributed by atoms with E-state index in [1.54, 1.807) is 0 Å². The molecule has 1 aliphatic heterocycles. The molecule has 0 bridgehead atoms. The molecule has 0 aromatic heterocycles. The molecule has 2 nitrogen and oxygen atoms in total. The second-order valence-corrected chi connectivity index (χ2v) is 2.75. The molecule has 0 fully saturated rings.